The van der Waals surface area contributed by atoms with Gasteiger partial charge in [0.15, 0.2) is 0 Å². The molecule has 2 heterocycles. The lowest BCUT2D eigenvalue weighted by Crippen LogP contribution is -2.45. The summed E-state index contributed by atoms with van der Waals surface area (Å²) in [6, 6.07) is 17.5. The highest BCUT2D eigenvalue weighted by molar-refractivity contribution is 6.08. The number of amides is 4. The van der Waals surface area contributed by atoms with Crippen LogP contribution in [-0.2, 0) is 22.6 Å². The average molecular weight is 463 g/mol. The van der Waals surface area contributed by atoms with E-state index >= 15 is 0 Å². The number of aryl methyl sites for hydroxylation is 1. The van der Waals surface area contributed by atoms with Gasteiger partial charge in [-0.25, -0.2) is 4.79 Å². The van der Waals surface area contributed by atoms with Gasteiger partial charge in [0.1, 0.15) is 12.1 Å². The maximum atomic E-state index is 13.1. The molecule has 0 bridgehead atoms. The van der Waals surface area contributed by atoms with Gasteiger partial charge in [-0.05, 0) is 56.2 Å². The Bertz CT molecular complexity index is 1040. The Labute approximate surface area is 201 Å². The Morgan fingerprint density at radius 1 is 1.00 bits per heavy atom. The van der Waals surface area contributed by atoms with E-state index in [2.05, 4.69) is 16.3 Å². The molecule has 0 saturated carbocycles. The zero-order valence-electron chi connectivity index (χ0n) is 20.1. The summed E-state index contributed by atoms with van der Waals surface area (Å²) in [5, 5.41) is 2.81. The van der Waals surface area contributed by atoms with Crippen LogP contribution in [0.25, 0.3) is 0 Å². The first-order valence-electron chi connectivity index (χ1n) is 12.1. The van der Waals surface area contributed by atoms with Gasteiger partial charge in [-0.1, -0.05) is 48.5 Å². The highest BCUT2D eigenvalue weighted by atomic mass is 16.2. The molecule has 0 aliphatic carbocycles. The van der Waals surface area contributed by atoms with E-state index in [1.807, 2.05) is 48.5 Å². The summed E-state index contributed by atoms with van der Waals surface area (Å²) in [6.07, 6.45) is 4.76. The third kappa shape index (κ3) is 5.24. The molecule has 2 aliphatic heterocycles. The molecule has 1 atom stereocenters. The molecule has 2 saturated heterocycles. The molecule has 0 unspecified atom stereocenters. The van der Waals surface area contributed by atoms with Crippen molar-refractivity contribution in [1.82, 2.24) is 15.1 Å². The first-order chi connectivity index (χ1) is 16.4. The summed E-state index contributed by atoms with van der Waals surface area (Å²) in [4.78, 5) is 43.8. The van der Waals surface area contributed by atoms with Crippen molar-refractivity contribution in [2.45, 2.75) is 51.1 Å². The summed E-state index contributed by atoms with van der Waals surface area (Å²) in [7, 11) is 1.72. The van der Waals surface area contributed by atoms with Crippen LogP contribution in [0.2, 0.25) is 0 Å². The number of benzene rings is 2. The third-order valence-electron chi connectivity index (χ3n) is 6.92. The van der Waals surface area contributed by atoms with Gasteiger partial charge in [-0.2, -0.15) is 0 Å². The molecule has 2 aromatic rings. The van der Waals surface area contributed by atoms with E-state index in [0.717, 1.165) is 34.8 Å². The Hall–Kier alpha value is -3.35. The molecule has 34 heavy (non-hydrogen) atoms. The number of carbonyl (C=O) groups excluding carboxylic acids is 3. The number of para-hydroxylation sites is 1. The highest BCUT2D eigenvalue weighted by Crippen LogP contribution is 2.26. The molecule has 7 nitrogen and oxygen atoms in total. The van der Waals surface area contributed by atoms with Gasteiger partial charge in [0.05, 0.1) is 0 Å². The number of carbonyl (C=O) groups is 3. The highest BCUT2D eigenvalue weighted by Gasteiger charge is 2.48. The summed E-state index contributed by atoms with van der Waals surface area (Å²) >= 11 is 0. The van der Waals surface area contributed by atoms with Crippen LogP contribution in [0.3, 0.4) is 0 Å². The quantitative estimate of drug-likeness (QED) is 0.609. The van der Waals surface area contributed by atoms with Gasteiger partial charge in [0.2, 0.25) is 5.91 Å². The minimum Gasteiger partial charge on any atom is -0.371 e. The van der Waals surface area contributed by atoms with Crippen LogP contribution in [0.4, 0.5) is 10.5 Å². The lowest BCUT2D eigenvalue weighted by molar-refractivity contribution is -0.138. The lowest BCUT2D eigenvalue weighted by Gasteiger charge is -2.31. The number of nitrogens with zero attached hydrogens (tertiary/aromatic N) is 3. The van der Waals surface area contributed by atoms with Crippen LogP contribution in [0.15, 0.2) is 54.6 Å². The largest absolute Gasteiger partial charge is 0.371 e. The van der Waals surface area contributed by atoms with Crippen molar-refractivity contribution < 1.29 is 14.4 Å². The molecule has 1 N–H and O–H groups in total. The topological polar surface area (TPSA) is 73.0 Å². The Morgan fingerprint density at radius 2 is 1.68 bits per heavy atom. The standard InChI is InChI=1S/C27H34N4O3/c1-27(16-15-21-11-5-3-6-12-21)25(33)31(26(34)28-27)20-24(32)29(2)19-22-13-7-8-14-23(22)30-17-9-4-10-18-30/h3,5-8,11-14H,4,9-10,15-20H2,1-2H3,(H,28,34)/t27-/m1/s1. The van der Waals surface area contributed by atoms with Crippen molar-refractivity contribution in [2.75, 3.05) is 31.6 Å². The predicted octanol–water partition coefficient (Wildman–Crippen LogP) is 3.58. The summed E-state index contributed by atoms with van der Waals surface area (Å²) in [6.45, 7) is 3.96. The van der Waals surface area contributed by atoms with E-state index in [4.69, 9.17) is 0 Å². The fourth-order valence-electron chi connectivity index (χ4n) is 4.79. The van der Waals surface area contributed by atoms with Crippen LogP contribution in [0.5, 0.6) is 0 Å². The molecule has 2 fully saturated rings. The van der Waals surface area contributed by atoms with E-state index in [0.29, 0.717) is 19.4 Å². The normalized spacial score (nSPS) is 20.4. The summed E-state index contributed by atoms with van der Waals surface area (Å²) < 4.78 is 0. The van der Waals surface area contributed by atoms with Crippen molar-refractivity contribution in [3.8, 4) is 0 Å². The van der Waals surface area contributed by atoms with E-state index in [1.165, 1.54) is 19.3 Å². The Kier molecular flexibility index (Phi) is 7.20. The monoisotopic (exact) mass is 462 g/mol. The zero-order valence-corrected chi connectivity index (χ0v) is 20.1. The maximum Gasteiger partial charge on any atom is 0.325 e. The van der Waals surface area contributed by atoms with E-state index in [9.17, 15) is 14.4 Å². The second kappa shape index (κ2) is 10.3. The van der Waals surface area contributed by atoms with Gasteiger partial charge >= 0.3 is 6.03 Å². The van der Waals surface area contributed by atoms with Crippen LogP contribution >= 0.6 is 0 Å². The van der Waals surface area contributed by atoms with Crippen molar-refractivity contribution >= 4 is 23.5 Å². The van der Waals surface area contributed by atoms with Gasteiger partial charge in [0, 0.05) is 32.4 Å². The van der Waals surface area contributed by atoms with Gasteiger partial charge in [0.25, 0.3) is 5.91 Å². The van der Waals surface area contributed by atoms with Crippen LogP contribution in [0, 0.1) is 0 Å². The Morgan fingerprint density at radius 3 is 2.41 bits per heavy atom. The molecule has 0 radical (unpaired) electrons. The number of piperidine rings is 1. The smallest absolute Gasteiger partial charge is 0.325 e. The molecular formula is C27H34N4O3. The molecular weight excluding hydrogens is 428 g/mol. The average Bonchev–Trinajstić information content (AvgIpc) is 3.07. The molecule has 2 aromatic carbocycles. The van der Waals surface area contributed by atoms with Crippen molar-refractivity contribution in [2.24, 2.45) is 0 Å². The maximum absolute atomic E-state index is 13.1. The van der Waals surface area contributed by atoms with Crippen LogP contribution in [0.1, 0.15) is 43.7 Å². The molecule has 4 rings (SSSR count). The minimum atomic E-state index is -1.01. The van der Waals surface area contributed by atoms with E-state index < -0.39 is 11.6 Å². The molecule has 180 valence electrons. The molecule has 4 amide bonds. The zero-order chi connectivity index (χ0) is 24.1. The van der Waals surface area contributed by atoms with Crippen molar-refractivity contribution in [3.63, 3.8) is 0 Å². The number of likely N-dealkylation sites (N-methyl/N-ethyl adjacent to an activating group) is 1. The van der Waals surface area contributed by atoms with Crippen molar-refractivity contribution in [3.05, 3.63) is 65.7 Å². The van der Waals surface area contributed by atoms with Crippen molar-refractivity contribution in [1.29, 1.82) is 0 Å². The number of anilines is 1. The Balaban J connectivity index is 1.38. The minimum absolute atomic E-state index is 0.256. The molecule has 7 heteroatoms. The number of imide groups is 1. The summed E-state index contributed by atoms with van der Waals surface area (Å²) in [5.74, 6) is -0.604. The van der Waals surface area contributed by atoms with E-state index in [1.54, 1.807) is 18.9 Å². The molecule has 2 aliphatic rings. The summed E-state index contributed by atoms with van der Waals surface area (Å²) in [5.41, 5.74) is 2.33. The predicted molar refractivity (Wildman–Crippen MR) is 132 cm³/mol. The lowest BCUT2D eigenvalue weighted by atomic mass is 9.93. The fraction of sp³-hybridized carbons (Fsp3) is 0.444. The molecule has 0 spiro atoms. The van der Waals surface area contributed by atoms with E-state index in [-0.39, 0.29) is 18.4 Å². The van der Waals surface area contributed by atoms with Crippen LogP contribution in [-0.4, -0.2) is 59.9 Å². The van der Waals surface area contributed by atoms with Gasteiger partial charge in [-0.3, -0.25) is 14.5 Å². The molecule has 0 aromatic heterocycles. The SMILES string of the molecule is CN(Cc1ccccc1N1CCCCC1)C(=O)CN1C(=O)N[C@](C)(CCc2ccccc2)C1=O. The fourth-order valence-corrected chi connectivity index (χ4v) is 4.79. The first kappa shape index (κ1) is 23.8. The number of urea groups is 1. The number of hydrogen-bond acceptors (Lipinski definition) is 4. The third-order valence-corrected chi connectivity index (χ3v) is 6.92. The number of nitrogens with one attached hydrogen (secondary N) is 1. The number of hydrogen-bond donors (Lipinski definition) is 1. The number of rotatable bonds is 8. The van der Waals surface area contributed by atoms with Gasteiger partial charge in [-0.15, -0.1) is 0 Å². The van der Waals surface area contributed by atoms with Gasteiger partial charge < -0.3 is 15.1 Å². The first-order valence-corrected chi connectivity index (χ1v) is 12.1. The van der Waals surface area contributed by atoms with Crippen LogP contribution < -0.4 is 10.2 Å². The second-order valence-corrected chi connectivity index (χ2v) is 9.57. The second-order valence-electron chi connectivity index (χ2n) is 9.57.